The average molecular weight is 329 g/mol. The Morgan fingerprint density at radius 3 is 2.38 bits per heavy atom. The molecule has 0 unspecified atom stereocenters. The Kier molecular flexibility index (Phi) is 5.51. The van der Waals surface area contributed by atoms with E-state index in [1.165, 1.54) is 5.56 Å². The summed E-state index contributed by atoms with van der Waals surface area (Å²) in [7, 11) is 0. The van der Waals surface area contributed by atoms with Gasteiger partial charge in [-0.25, -0.2) is 0 Å². The average Bonchev–Trinajstić information content (AvgIpc) is 3.39. The van der Waals surface area contributed by atoms with E-state index in [4.69, 9.17) is 0 Å². The van der Waals surface area contributed by atoms with Gasteiger partial charge in [-0.3, -0.25) is 14.5 Å². The summed E-state index contributed by atoms with van der Waals surface area (Å²) in [5.41, 5.74) is 2.29. The normalized spacial score (nSPS) is 18.5. The summed E-state index contributed by atoms with van der Waals surface area (Å²) < 4.78 is 0. The van der Waals surface area contributed by atoms with Crippen molar-refractivity contribution in [2.24, 2.45) is 0 Å². The quantitative estimate of drug-likeness (QED) is 0.857. The minimum Gasteiger partial charge on any atom is -0.353 e. The molecule has 1 heterocycles. The van der Waals surface area contributed by atoms with Gasteiger partial charge in [0.05, 0.1) is 6.42 Å². The minimum atomic E-state index is 0.162. The lowest BCUT2D eigenvalue weighted by atomic mass is 10.1. The molecular weight excluding hydrogens is 302 g/mol. The van der Waals surface area contributed by atoms with Gasteiger partial charge >= 0.3 is 0 Å². The molecule has 2 amide bonds. The first-order valence-corrected chi connectivity index (χ1v) is 8.95. The zero-order valence-electron chi connectivity index (χ0n) is 14.5. The molecule has 2 fully saturated rings. The van der Waals surface area contributed by atoms with Crippen molar-refractivity contribution in [3.63, 3.8) is 0 Å². The summed E-state index contributed by atoms with van der Waals surface area (Å²) >= 11 is 0. The fraction of sp³-hybridized carbons (Fsp3) is 0.579. The van der Waals surface area contributed by atoms with E-state index in [9.17, 15) is 9.59 Å². The second-order valence-corrected chi connectivity index (χ2v) is 6.98. The van der Waals surface area contributed by atoms with Gasteiger partial charge in [-0.1, -0.05) is 29.8 Å². The van der Waals surface area contributed by atoms with Crippen LogP contribution in [0.1, 0.15) is 30.4 Å². The third kappa shape index (κ3) is 5.06. The largest absolute Gasteiger partial charge is 0.353 e. The van der Waals surface area contributed by atoms with Crippen LogP contribution in [-0.4, -0.2) is 60.4 Å². The Hall–Kier alpha value is -1.88. The van der Waals surface area contributed by atoms with Crippen LogP contribution in [0, 0.1) is 6.92 Å². The first-order valence-electron chi connectivity index (χ1n) is 8.95. The smallest absolute Gasteiger partial charge is 0.227 e. The van der Waals surface area contributed by atoms with E-state index in [1.54, 1.807) is 0 Å². The maximum atomic E-state index is 12.4. The van der Waals surface area contributed by atoms with Crippen molar-refractivity contribution in [2.75, 3.05) is 32.7 Å². The molecule has 130 valence electrons. The van der Waals surface area contributed by atoms with Gasteiger partial charge < -0.3 is 10.2 Å². The molecule has 1 aliphatic heterocycles. The van der Waals surface area contributed by atoms with Crippen LogP contribution in [0.5, 0.6) is 0 Å². The van der Waals surface area contributed by atoms with E-state index < -0.39 is 0 Å². The van der Waals surface area contributed by atoms with E-state index in [1.807, 2.05) is 29.2 Å². The third-order valence-electron chi connectivity index (χ3n) is 4.80. The van der Waals surface area contributed by atoms with Crippen molar-refractivity contribution in [1.82, 2.24) is 15.1 Å². The van der Waals surface area contributed by atoms with Gasteiger partial charge in [0.15, 0.2) is 0 Å². The van der Waals surface area contributed by atoms with E-state index in [2.05, 4.69) is 17.1 Å². The molecule has 2 aliphatic rings. The molecule has 3 rings (SSSR count). The van der Waals surface area contributed by atoms with Crippen LogP contribution in [0.25, 0.3) is 0 Å². The van der Waals surface area contributed by atoms with Crippen molar-refractivity contribution in [3.8, 4) is 0 Å². The van der Waals surface area contributed by atoms with Crippen LogP contribution in [0.3, 0.4) is 0 Å². The van der Waals surface area contributed by atoms with Crippen LogP contribution < -0.4 is 5.32 Å². The van der Waals surface area contributed by atoms with Gasteiger partial charge in [0, 0.05) is 45.2 Å². The van der Waals surface area contributed by atoms with Gasteiger partial charge in [0.1, 0.15) is 0 Å². The molecule has 0 bridgehead atoms. The lowest BCUT2D eigenvalue weighted by Crippen LogP contribution is -2.49. The Bertz CT molecular complexity index is 573. The highest BCUT2D eigenvalue weighted by molar-refractivity contribution is 5.79. The van der Waals surface area contributed by atoms with Crippen molar-refractivity contribution < 1.29 is 9.59 Å². The second kappa shape index (κ2) is 7.79. The van der Waals surface area contributed by atoms with Gasteiger partial charge in [-0.05, 0) is 25.3 Å². The zero-order chi connectivity index (χ0) is 16.9. The van der Waals surface area contributed by atoms with E-state index in [0.717, 1.165) is 51.1 Å². The van der Waals surface area contributed by atoms with Gasteiger partial charge in [0.2, 0.25) is 11.8 Å². The molecule has 0 aromatic heterocycles. The first-order chi connectivity index (χ1) is 11.6. The number of amides is 2. The maximum Gasteiger partial charge on any atom is 0.227 e. The Balaban J connectivity index is 1.37. The molecule has 0 atom stereocenters. The van der Waals surface area contributed by atoms with Crippen molar-refractivity contribution in [3.05, 3.63) is 35.4 Å². The lowest BCUT2D eigenvalue weighted by molar-refractivity contribution is -0.132. The number of nitrogens with zero attached hydrogens (tertiary/aromatic N) is 2. The Labute approximate surface area is 144 Å². The number of benzene rings is 1. The predicted octanol–water partition coefficient (Wildman–Crippen LogP) is 1.35. The van der Waals surface area contributed by atoms with Crippen molar-refractivity contribution >= 4 is 11.8 Å². The van der Waals surface area contributed by atoms with Crippen molar-refractivity contribution in [1.29, 1.82) is 0 Å². The number of carbonyl (C=O) groups excluding carboxylic acids is 2. The fourth-order valence-electron chi connectivity index (χ4n) is 3.00. The summed E-state index contributed by atoms with van der Waals surface area (Å²) in [4.78, 5) is 28.4. The summed E-state index contributed by atoms with van der Waals surface area (Å²) in [5.74, 6) is 0.361. The zero-order valence-corrected chi connectivity index (χ0v) is 14.5. The number of piperazine rings is 1. The Morgan fingerprint density at radius 2 is 1.75 bits per heavy atom. The van der Waals surface area contributed by atoms with Gasteiger partial charge in [-0.2, -0.15) is 0 Å². The minimum absolute atomic E-state index is 0.162. The molecule has 24 heavy (non-hydrogen) atoms. The highest BCUT2D eigenvalue weighted by Crippen LogP contribution is 2.18. The third-order valence-corrected chi connectivity index (χ3v) is 4.80. The van der Waals surface area contributed by atoms with Crippen molar-refractivity contribution in [2.45, 2.75) is 38.6 Å². The molecule has 1 aliphatic carbocycles. The van der Waals surface area contributed by atoms with Crippen LogP contribution >= 0.6 is 0 Å². The molecular formula is C19H27N3O2. The number of carbonyl (C=O) groups is 2. The predicted molar refractivity (Wildman–Crippen MR) is 93.7 cm³/mol. The molecule has 1 N–H and O–H groups in total. The standard InChI is InChI=1S/C19H27N3O2/c1-15-2-4-16(5-3-15)14-19(24)22-12-10-21(11-13-22)9-8-18(23)20-17-6-7-17/h2-5,17H,6-14H2,1H3,(H,20,23). The highest BCUT2D eigenvalue weighted by Gasteiger charge is 2.24. The summed E-state index contributed by atoms with van der Waals surface area (Å²) in [6, 6.07) is 8.60. The SMILES string of the molecule is Cc1ccc(CC(=O)N2CCN(CCC(=O)NC3CC3)CC2)cc1. The molecule has 0 radical (unpaired) electrons. The summed E-state index contributed by atoms with van der Waals surface area (Å²) in [5, 5.41) is 3.02. The van der Waals surface area contributed by atoms with E-state index >= 15 is 0 Å². The molecule has 1 saturated heterocycles. The molecule has 1 saturated carbocycles. The number of aryl methyl sites for hydroxylation is 1. The summed E-state index contributed by atoms with van der Waals surface area (Å²) in [6.45, 7) is 6.07. The fourth-order valence-corrected chi connectivity index (χ4v) is 3.00. The van der Waals surface area contributed by atoms with Gasteiger partial charge in [0.25, 0.3) is 0 Å². The van der Waals surface area contributed by atoms with Crippen LogP contribution in [-0.2, 0) is 16.0 Å². The van der Waals surface area contributed by atoms with Gasteiger partial charge in [-0.15, -0.1) is 0 Å². The number of hydrogen-bond acceptors (Lipinski definition) is 3. The molecule has 1 aromatic carbocycles. The van der Waals surface area contributed by atoms with Crippen LogP contribution in [0.2, 0.25) is 0 Å². The topological polar surface area (TPSA) is 52.7 Å². The number of hydrogen-bond donors (Lipinski definition) is 1. The maximum absolute atomic E-state index is 12.4. The highest BCUT2D eigenvalue weighted by atomic mass is 16.2. The lowest BCUT2D eigenvalue weighted by Gasteiger charge is -2.34. The van der Waals surface area contributed by atoms with Crippen LogP contribution in [0.15, 0.2) is 24.3 Å². The molecule has 5 nitrogen and oxygen atoms in total. The Morgan fingerprint density at radius 1 is 1.08 bits per heavy atom. The van der Waals surface area contributed by atoms with E-state index in [-0.39, 0.29) is 11.8 Å². The monoisotopic (exact) mass is 329 g/mol. The molecule has 0 spiro atoms. The molecule has 1 aromatic rings. The number of rotatable bonds is 6. The first kappa shape index (κ1) is 17.0. The van der Waals surface area contributed by atoms with E-state index in [0.29, 0.717) is 18.9 Å². The summed E-state index contributed by atoms with van der Waals surface area (Å²) in [6.07, 6.45) is 3.30. The number of nitrogens with one attached hydrogen (secondary N) is 1. The van der Waals surface area contributed by atoms with Crippen LogP contribution in [0.4, 0.5) is 0 Å². The second-order valence-electron chi connectivity index (χ2n) is 6.98. The molecule has 5 heteroatoms.